The Balaban J connectivity index is 1.15. The van der Waals surface area contributed by atoms with Crippen molar-refractivity contribution in [1.82, 2.24) is 10.6 Å². The standard InChI is InChI=1S/C27H28N2O3/c30-26(28-18-16-20-9-2-1-3-10-20)15-8-17-29-27(31)32-19-25-23-13-6-4-11-21(23)22-12-5-7-14-24(22)25/h1-7,9-14,25H,8,15-19H2,(H,28,30)(H,29,31). The third kappa shape index (κ3) is 5.35. The van der Waals surface area contributed by atoms with Crippen molar-refractivity contribution in [2.75, 3.05) is 19.7 Å². The SMILES string of the molecule is O=C(CCCNC(=O)OCC1c2ccccc2-c2ccccc21)NCCc1ccccc1. The summed E-state index contributed by atoms with van der Waals surface area (Å²) < 4.78 is 5.51. The van der Waals surface area contributed by atoms with E-state index in [4.69, 9.17) is 4.74 Å². The summed E-state index contributed by atoms with van der Waals surface area (Å²) in [6.45, 7) is 1.31. The van der Waals surface area contributed by atoms with Gasteiger partial charge in [-0.2, -0.15) is 0 Å². The number of benzene rings is 3. The number of nitrogens with one attached hydrogen (secondary N) is 2. The van der Waals surface area contributed by atoms with Crippen LogP contribution < -0.4 is 10.6 Å². The van der Waals surface area contributed by atoms with E-state index in [1.165, 1.54) is 27.8 Å². The number of ether oxygens (including phenoxy) is 1. The lowest BCUT2D eigenvalue weighted by Crippen LogP contribution is -2.29. The summed E-state index contributed by atoms with van der Waals surface area (Å²) in [5, 5.41) is 5.67. The molecule has 1 aliphatic carbocycles. The first-order valence-electron chi connectivity index (χ1n) is 11.1. The molecular formula is C27H28N2O3. The topological polar surface area (TPSA) is 67.4 Å². The van der Waals surface area contributed by atoms with Gasteiger partial charge in [-0.1, -0.05) is 78.9 Å². The summed E-state index contributed by atoms with van der Waals surface area (Å²) in [5.41, 5.74) is 5.98. The molecule has 0 spiro atoms. The summed E-state index contributed by atoms with van der Waals surface area (Å²) >= 11 is 0. The molecule has 1 aliphatic rings. The molecule has 2 N–H and O–H groups in total. The van der Waals surface area contributed by atoms with Gasteiger partial charge in [0.25, 0.3) is 0 Å². The number of rotatable bonds is 9. The van der Waals surface area contributed by atoms with E-state index >= 15 is 0 Å². The van der Waals surface area contributed by atoms with Gasteiger partial charge in [0, 0.05) is 25.4 Å². The molecule has 0 atom stereocenters. The number of carbonyl (C=O) groups excluding carboxylic acids is 2. The van der Waals surface area contributed by atoms with Crippen LogP contribution in [0.2, 0.25) is 0 Å². The Bertz CT molecular complexity index is 1020. The van der Waals surface area contributed by atoms with Gasteiger partial charge >= 0.3 is 6.09 Å². The van der Waals surface area contributed by atoms with E-state index in [1.807, 2.05) is 54.6 Å². The fraction of sp³-hybridized carbons (Fsp3) is 0.259. The molecule has 0 heterocycles. The normalized spacial score (nSPS) is 12.0. The minimum absolute atomic E-state index is 0.00438. The van der Waals surface area contributed by atoms with E-state index in [0.717, 1.165) is 6.42 Å². The Hall–Kier alpha value is -3.60. The van der Waals surface area contributed by atoms with Gasteiger partial charge in [0.15, 0.2) is 0 Å². The summed E-state index contributed by atoms with van der Waals surface area (Å²) in [5.74, 6) is 0.0406. The van der Waals surface area contributed by atoms with Crippen molar-refractivity contribution >= 4 is 12.0 Å². The number of alkyl carbamates (subject to hydrolysis) is 1. The van der Waals surface area contributed by atoms with Crippen LogP contribution in [0.4, 0.5) is 4.79 Å². The summed E-state index contributed by atoms with van der Waals surface area (Å²) in [7, 11) is 0. The van der Waals surface area contributed by atoms with Crippen LogP contribution in [-0.4, -0.2) is 31.7 Å². The van der Waals surface area contributed by atoms with Crippen molar-refractivity contribution in [1.29, 1.82) is 0 Å². The smallest absolute Gasteiger partial charge is 0.407 e. The highest BCUT2D eigenvalue weighted by molar-refractivity contribution is 5.79. The molecule has 0 bridgehead atoms. The van der Waals surface area contributed by atoms with E-state index < -0.39 is 6.09 Å². The van der Waals surface area contributed by atoms with E-state index in [1.54, 1.807) is 0 Å². The fourth-order valence-electron chi connectivity index (χ4n) is 4.17. The van der Waals surface area contributed by atoms with Crippen LogP contribution in [-0.2, 0) is 16.0 Å². The van der Waals surface area contributed by atoms with Gasteiger partial charge in [-0.15, -0.1) is 0 Å². The molecule has 0 radical (unpaired) electrons. The predicted octanol–water partition coefficient (Wildman–Crippen LogP) is 4.66. The van der Waals surface area contributed by atoms with Crippen molar-refractivity contribution in [3.63, 3.8) is 0 Å². The van der Waals surface area contributed by atoms with Crippen LogP contribution in [0.25, 0.3) is 11.1 Å². The van der Waals surface area contributed by atoms with Crippen LogP contribution in [0.15, 0.2) is 78.9 Å². The zero-order chi connectivity index (χ0) is 22.2. The zero-order valence-corrected chi connectivity index (χ0v) is 18.1. The van der Waals surface area contributed by atoms with Gasteiger partial charge in [0.2, 0.25) is 5.91 Å². The third-order valence-electron chi connectivity index (χ3n) is 5.77. The Morgan fingerprint density at radius 2 is 1.38 bits per heavy atom. The van der Waals surface area contributed by atoms with E-state index in [2.05, 4.69) is 34.9 Å². The first-order chi connectivity index (χ1) is 15.7. The van der Waals surface area contributed by atoms with E-state index in [0.29, 0.717) is 32.5 Å². The maximum Gasteiger partial charge on any atom is 0.407 e. The highest BCUT2D eigenvalue weighted by Crippen LogP contribution is 2.44. The number of carbonyl (C=O) groups is 2. The van der Waals surface area contributed by atoms with E-state index in [-0.39, 0.29) is 11.8 Å². The average Bonchev–Trinajstić information content (AvgIpc) is 3.15. The van der Waals surface area contributed by atoms with Crippen LogP contribution in [0.3, 0.4) is 0 Å². The minimum atomic E-state index is -0.448. The quantitative estimate of drug-likeness (QED) is 0.487. The Labute approximate surface area is 188 Å². The maximum absolute atomic E-state index is 12.2. The lowest BCUT2D eigenvalue weighted by Gasteiger charge is -2.14. The molecule has 4 rings (SSSR count). The van der Waals surface area contributed by atoms with Crippen molar-refractivity contribution in [2.45, 2.75) is 25.2 Å². The second-order valence-electron chi connectivity index (χ2n) is 7.94. The van der Waals surface area contributed by atoms with Crippen molar-refractivity contribution in [2.24, 2.45) is 0 Å². The zero-order valence-electron chi connectivity index (χ0n) is 18.1. The summed E-state index contributed by atoms with van der Waals surface area (Å²) in [6, 6.07) is 26.6. The average molecular weight is 429 g/mol. The summed E-state index contributed by atoms with van der Waals surface area (Å²) in [4.78, 5) is 24.1. The van der Waals surface area contributed by atoms with Gasteiger partial charge < -0.3 is 15.4 Å². The first-order valence-corrected chi connectivity index (χ1v) is 11.1. The molecule has 3 aromatic carbocycles. The molecule has 0 saturated carbocycles. The molecule has 3 aromatic rings. The molecule has 5 heteroatoms. The lowest BCUT2D eigenvalue weighted by atomic mass is 9.98. The van der Waals surface area contributed by atoms with Crippen molar-refractivity contribution < 1.29 is 14.3 Å². The van der Waals surface area contributed by atoms with Crippen LogP contribution >= 0.6 is 0 Å². The largest absolute Gasteiger partial charge is 0.449 e. The number of hydrogen-bond donors (Lipinski definition) is 2. The van der Waals surface area contributed by atoms with Gasteiger partial charge in [-0.25, -0.2) is 4.79 Å². The molecule has 32 heavy (non-hydrogen) atoms. The third-order valence-corrected chi connectivity index (χ3v) is 5.77. The molecule has 5 nitrogen and oxygen atoms in total. The van der Waals surface area contributed by atoms with Gasteiger partial charge in [0.05, 0.1) is 0 Å². The first kappa shape index (κ1) is 21.6. The number of amides is 2. The Kier molecular flexibility index (Phi) is 7.18. The van der Waals surface area contributed by atoms with Gasteiger partial charge in [0.1, 0.15) is 6.61 Å². The van der Waals surface area contributed by atoms with Crippen LogP contribution in [0.5, 0.6) is 0 Å². The number of fused-ring (bicyclic) bond motifs is 3. The summed E-state index contributed by atoms with van der Waals surface area (Å²) in [6.07, 6.45) is 1.31. The van der Waals surface area contributed by atoms with Crippen molar-refractivity contribution in [3.05, 3.63) is 95.6 Å². The molecule has 0 aromatic heterocycles. The van der Waals surface area contributed by atoms with Crippen LogP contribution in [0.1, 0.15) is 35.4 Å². The second kappa shape index (κ2) is 10.6. The molecule has 2 amide bonds. The monoisotopic (exact) mass is 428 g/mol. The van der Waals surface area contributed by atoms with Crippen LogP contribution in [0, 0.1) is 0 Å². The molecule has 0 unspecified atom stereocenters. The van der Waals surface area contributed by atoms with Crippen molar-refractivity contribution in [3.8, 4) is 11.1 Å². The highest BCUT2D eigenvalue weighted by Gasteiger charge is 2.28. The molecule has 0 aliphatic heterocycles. The maximum atomic E-state index is 12.2. The highest BCUT2D eigenvalue weighted by atomic mass is 16.5. The second-order valence-corrected chi connectivity index (χ2v) is 7.94. The lowest BCUT2D eigenvalue weighted by molar-refractivity contribution is -0.121. The molecule has 164 valence electrons. The molecular weight excluding hydrogens is 400 g/mol. The van der Waals surface area contributed by atoms with Gasteiger partial charge in [-0.05, 0) is 40.7 Å². The minimum Gasteiger partial charge on any atom is -0.449 e. The molecule has 0 saturated heterocycles. The van der Waals surface area contributed by atoms with Gasteiger partial charge in [-0.3, -0.25) is 4.79 Å². The molecule has 0 fully saturated rings. The van der Waals surface area contributed by atoms with E-state index in [9.17, 15) is 9.59 Å². The fourth-order valence-corrected chi connectivity index (χ4v) is 4.17. The Morgan fingerprint density at radius 3 is 2.06 bits per heavy atom. The predicted molar refractivity (Wildman–Crippen MR) is 125 cm³/mol. The number of hydrogen-bond acceptors (Lipinski definition) is 3. The Morgan fingerprint density at radius 1 is 0.750 bits per heavy atom.